The molecule has 8 aromatic rings. The molecular weight excluding hydrogens is 599 g/mol. The van der Waals surface area contributed by atoms with Crippen LogP contribution < -0.4 is 4.90 Å². The van der Waals surface area contributed by atoms with Crippen molar-refractivity contribution < 1.29 is 9.53 Å². The summed E-state index contributed by atoms with van der Waals surface area (Å²) in [6.45, 7) is 6.82. The summed E-state index contributed by atoms with van der Waals surface area (Å²) in [6, 6.07) is 52.5. The summed E-state index contributed by atoms with van der Waals surface area (Å²) in [5.74, 6) is -0.282. The molecule has 0 amide bonds. The summed E-state index contributed by atoms with van der Waals surface area (Å²) >= 11 is 0. The number of carbonyl (C=O) groups excluding carboxylic acids is 1. The van der Waals surface area contributed by atoms with Gasteiger partial charge in [-0.3, -0.25) is 0 Å². The van der Waals surface area contributed by atoms with Gasteiger partial charge in [0.25, 0.3) is 0 Å². The predicted molar refractivity (Wildman–Crippen MR) is 205 cm³/mol. The second-order valence-corrected chi connectivity index (χ2v) is 13.6. The molecule has 0 saturated heterocycles. The number of anilines is 3. The number of carbonyl (C=O) groups is 1. The van der Waals surface area contributed by atoms with Gasteiger partial charge in [0.15, 0.2) is 0 Å². The average molecular weight is 634 g/mol. The van der Waals surface area contributed by atoms with Gasteiger partial charge in [-0.15, -0.1) is 0 Å². The monoisotopic (exact) mass is 633 g/mol. The van der Waals surface area contributed by atoms with E-state index in [4.69, 9.17) is 4.74 Å². The van der Waals surface area contributed by atoms with E-state index in [2.05, 4.69) is 146 Å². The zero-order chi connectivity index (χ0) is 33.3. The van der Waals surface area contributed by atoms with Crippen molar-refractivity contribution in [3.8, 4) is 11.1 Å². The van der Waals surface area contributed by atoms with Crippen molar-refractivity contribution in [1.29, 1.82) is 0 Å². The SMILES string of the molecule is CCOC(=O)c1ccc2cc3c(cc2c1)C(C)(C)c1cc2cc(N(c4ccc5ccccc5c4)c4ccc5ccccc5c4)ccc2cc1-3. The standard InChI is InChI=1S/C46H35NO2/c1-4-49-45(48)35-14-13-33-25-41-42-26-34-17-20-40(24-37(34)28-44(42)46(2,3)43(41)27-36(33)21-35)47(38-18-15-29-9-5-7-11-31(29)22-38)39-19-16-30-10-6-8-12-32(30)23-39/h5-28H,4H2,1-3H3. The van der Waals surface area contributed by atoms with Crippen LogP contribution >= 0.6 is 0 Å². The van der Waals surface area contributed by atoms with Gasteiger partial charge in [-0.2, -0.15) is 0 Å². The van der Waals surface area contributed by atoms with Crippen molar-refractivity contribution in [3.05, 3.63) is 162 Å². The number of esters is 1. The van der Waals surface area contributed by atoms with E-state index in [1.807, 2.05) is 25.1 Å². The van der Waals surface area contributed by atoms with Crippen molar-refractivity contribution in [3.63, 3.8) is 0 Å². The average Bonchev–Trinajstić information content (AvgIpc) is 3.33. The number of hydrogen-bond donors (Lipinski definition) is 0. The topological polar surface area (TPSA) is 29.5 Å². The summed E-state index contributed by atoms with van der Waals surface area (Å²) < 4.78 is 5.28. The Balaban J connectivity index is 1.19. The molecule has 0 spiro atoms. The molecule has 0 aliphatic heterocycles. The molecule has 0 N–H and O–H groups in total. The lowest BCUT2D eigenvalue weighted by atomic mass is 9.81. The third-order valence-electron chi connectivity index (χ3n) is 10.3. The van der Waals surface area contributed by atoms with Crippen molar-refractivity contribution >= 4 is 66.1 Å². The summed E-state index contributed by atoms with van der Waals surface area (Å²) in [7, 11) is 0. The lowest BCUT2D eigenvalue weighted by Gasteiger charge is -2.27. The quantitative estimate of drug-likeness (QED) is 0.177. The normalized spacial score (nSPS) is 13.1. The van der Waals surface area contributed by atoms with E-state index in [9.17, 15) is 4.79 Å². The van der Waals surface area contributed by atoms with Crippen molar-refractivity contribution in [2.45, 2.75) is 26.2 Å². The number of nitrogens with zero attached hydrogens (tertiary/aromatic N) is 1. The minimum atomic E-state index is -0.282. The highest BCUT2D eigenvalue weighted by Gasteiger charge is 2.36. The lowest BCUT2D eigenvalue weighted by molar-refractivity contribution is 0.0526. The highest BCUT2D eigenvalue weighted by molar-refractivity contribution is 6.02. The van der Waals surface area contributed by atoms with E-state index < -0.39 is 0 Å². The van der Waals surface area contributed by atoms with Crippen molar-refractivity contribution in [2.75, 3.05) is 11.5 Å². The Bertz CT molecular complexity index is 2550. The van der Waals surface area contributed by atoms with Crippen LogP contribution in [0.1, 0.15) is 42.3 Å². The number of hydrogen-bond acceptors (Lipinski definition) is 3. The first-order valence-electron chi connectivity index (χ1n) is 17.0. The van der Waals surface area contributed by atoms with Crippen LogP contribution in [0.3, 0.4) is 0 Å². The van der Waals surface area contributed by atoms with Gasteiger partial charge >= 0.3 is 5.97 Å². The van der Waals surface area contributed by atoms with Crippen LogP contribution in [0.5, 0.6) is 0 Å². The molecule has 1 aliphatic carbocycles. The molecule has 9 rings (SSSR count). The van der Waals surface area contributed by atoms with Gasteiger partial charge in [-0.1, -0.05) is 86.6 Å². The van der Waals surface area contributed by atoms with E-state index in [1.165, 1.54) is 54.6 Å². The van der Waals surface area contributed by atoms with E-state index >= 15 is 0 Å². The van der Waals surface area contributed by atoms with Gasteiger partial charge in [0.2, 0.25) is 0 Å². The van der Waals surface area contributed by atoms with Crippen LogP contribution in [0.15, 0.2) is 146 Å². The van der Waals surface area contributed by atoms with Gasteiger partial charge in [0.1, 0.15) is 0 Å². The minimum Gasteiger partial charge on any atom is -0.462 e. The molecule has 49 heavy (non-hydrogen) atoms. The molecule has 0 aromatic heterocycles. The molecule has 0 radical (unpaired) electrons. The predicted octanol–water partition coefficient (Wildman–Crippen LogP) is 12.3. The summed E-state index contributed by atoms with van der Waals surface area (Å²) in [5, 5.41) is 9.47. The van der Waals surface area contributed by atoms with Crippen LogP contribution in [0, 0.1) is 0 Å². The third kappa shape index (κ3) is 4.76. The van der Waals surface area contributed by atoms with Gasteiger partial charge in [0.05, 0.1) is 12.2 Å². The lowest BCUT2D eigenvalue weighted by Crippen LogP contribution is -2.15. The van der Waals surface area contributed by atoms with Crippen LogP contribution in [0.4, 0.5) is 17.1 Å². The first-order chi connectivity index (χ1) is 23.9. The van der Waals surface area contributed by atoms with Crippen molar-refractivity contribution in [1.82, 2.24) is 0 Å². The zero-order valence-electron chi connectivity index (χ0n) is 27.8. The second-order valence-electron chi connectivity index (χ2n) is 13.6. The van der Waals surface area contributed by atoms with Crippen molar-refractivity contribution in [2.24, 2.45) is 0 Å². The maximum Gasteiger partial charge on any atom is 0.338 e. The first kappa shape index (κ1) is 29.2. The van der Waals surface area contributed by atoms with Gasteiger partial charge < -0.3 is 9.64 Å². The maximum atomic E-state index is 12.5. The van der Waals surface area contributed by atoms with Crippen LogP contribution in [-0.2, 0) is 10.2 Å². The van der Waals surface area contributed by atoms with Crippen LogP contribution in [-0.4, -0.2) is 12.6 Å². The fourth-order valence-electron chi connectivity index (χ4n) is 7.77. The summed E-state index contributed by atoms with van der Waals surface area (Å²) in [6.07, 6.45) is 0. The molecular formula is C46H35NO2. The third-order valence-corrected chi connectivity index (χ3v) is 10.3. The highest BCUT2D eigenvalue weighted by Crippen LogP contribution is 2.51. The number of fused-ring (bicyclic) bond motifs is 7. The highest BCUT2D eigenvalue weighted by atomic mass is 16.5. The second kappa shape index (κ2) is 11.1. The number of ether oxygens (including phenoxy) is 1. The van der Waals surface area contributed by atoms with Gasteiger partial charge in [-0.05, 0) is 145 Å². The first-order valence-corrected chi connectivity index (χ1v) is 17.0. The Hall–Kier alpha value is -5.93. The van der Waals surface area contributed by atoms with E-state index in [-0.39, 0.29) is 11.4 Å². The minimum absolute atomic E-state index is 0.209. The number of benzene rings is 8. The van der Waals surface area contributed by atoms with E-state index in [0.29, 0.717) is 12.2 Å². The van der Waals surface area contributed by atoms with Crippen LogP contribution in [0.2, 0.25) is 0 Å². The van der Waals surface area contributed by atoms with Crippen LogP contribution in [0.25, 0.3) is 54.2 Å². The maximum absolute atomic E-state index is 12.5. The summed E-state index contributed by atoms with van der Waals surface area (Å²) in [5.41, 5.74) is 8.86. The molecule has 0 atom stereocenters. The Morgan fingerprint density at radius 2 is 0.939 bits per heavy atom. The molecule has 1 aliphatic rings. The molecule has 236 valence electrons. The molecule has 8 aromatic carbocycles. The molecule has 0 unspecified atom stereocenters. The number of rotatable bonds is 5. The van der Waals surface area contributed by atoms with Gasteiger partial charge in [-0.25, -0.2) is 4.79 Å². The van der Waals surface area contributed by atoms with E-state index in [0.717, 1.165) is 27.8 Å². The molecule has 0 heterocycles. The molecule has 0 bridgehead atoms. The molecule has 3 nitrogen and oxygen atoms in total. The smallest absolute Gasteiger partial charge is 0.338 e. The largest absolute Gasteiger partial charge is 0.462 e. The summed E-state index contributed by atoms with van der Waals surface area (Å²) in [4.78, 5) is 14.9. The Kier molecular flexibility index (Phi) is 6.60. The molecule has 0 fully saturated rings. The Labute approximate surface area is 286 Å². The van der Waals surface area contributed by atoms with Gasteiger partial charge in [0, 0.05) is 22.5 Å². The Morgan fingerprint density at radius 3 is 1.47 bits per heavy atom. The molecule has 3 heteroatoms. The zero-order valence-corrected chi connectivity index (χ0v) is 27.8. The Morgan fingerprint density at radius 1 is 0.510 bits per heavy atom. The fourth-order valence-corrected chi connectivity index (χ4v) is 7.77. The molecule has 0 saturated carbocycles. The fraction of sp³-hybridized carbons (Fsp3) is 0.109. The van der Waals surface area contributed by atoms with E-state index in [1.54, 1.807) is 0 Å².